The van der Waals surface area contributed by atoms with Crippen molar-refractivity contribution < 1.29 is 53.5 Å². The molecule has 0 saturated heterocycles. The van der Waals surface area contributed by atoms with Crippen LogP contribution in [0.5, 0.6) is 0 Å². The number of rotatable bonds is 7. The number of nitrogens with one attached hydrogen (secondary N) is 2. The summed E-state index contributed by atoms with van der Waals surface area (Å²) in [7, 11) is 0. The Bertz CT molecular complexity index is 1260. The summed E-state index contributed by atoms with van der Waals surface area (Å²) in [6, 6.07) is 2.50. The van der Waals surface area contributed by atoms with Crippen molar-refractivity contribution in [1.29, 1.82) is 0 Å². The summed E-state index contributed by atoms with van der Waals surface area (Å²) in [4.78, 5) is 24.1. The van der Waals surface area contributed by atoms with Gasteiger partial charge in [0, 0.05) is 10.0 Å². The van der Waals surface area contributed by atoms with Gasteiger partial charge in [-0.25, -0.2) is 4.39 Å². The van der Waals surface area contributed by atoms with Crippen molar-refractivity contribution in [3.8, 4) is 0 Å². The molecule has 16 heteroatoms. The van der Waals surface area contributed by atoms with Crippen LogP contribution in [0, 0.1) is 0 Å². The van der Waals surface area contributed by atoms with Gasteiger partial charge in [0.15, 0.2) is 0 Å². The molecule has 0 aromatic heterocycles. The van der Waals surface area contributed by atoms with E-state index in [2.05, 4.69) is 15.9 Å². The van der Waals surface area contributed by atoms with Gasteiger partial charge < -0.3 is 10.6 Å². The second kappa shape index (κ2) is 12.1. The molecular weight excluding hydrogens is 642 g/mol. The Kier molecular flexibility index (Phi) is 10.1. The third kappa shape index (κ3) is 9.12. The molecule has 2 N–H and O–H groups in total. The smallest absolute Gasteiger partial charge is 0.345 e. The van der Waals surface area contributed by atoms with Gasteiger partial charge in [-0.3, -0.25) is 9.59 Å². The normalized spacial score (nSPS) is 14.5. The molecular formula is C23H16BrClF10N2O2. The minimum Gasteiger partial charge on any atom is -0.345 e. The first-order valence-electron chi connectivity index (χ1n) is 10.5. The predicted molar refractivity (Wildman–Crippen MR) is 124 cm³/mol. The number of carbonyl (C=O) groups is 2. The molecule has 2 unspecified atom stereocenters. The van der Waals surface area contributed by atoms with Gasteiger partial charge in [0.25, 0.3) is 5.91 Å². The van der Waals surface area contributed by atoms with Crippen molar-refractivity contribution in [2.75, 3.05) is 6.54 Å². The van der Waals surface area contributed by atoms with Crippen molar-refractivity contribution in [3.05, 3.63) is 74.2 Å². The van der Waals surface area contributed by atoms with E-state index in [1.165, 1.54) is 11.4 Å². The van der Waals surface area contributed by atoms with E-state index in [1.807, 2.05) is 0 Å². The zero-order valence-corrected chi connectivity index (χ0v) is 21.6. The van der Waals surface area contributed by atoms with E-state index in [9.17, 15) is 53.5 Å². The van der Waals surface area contributed by atoms with E-state index in [4.69, 9.17) is 11.6 Å². The van der Waals surface area contributed by atoms with E-state index in [-0.39, 0.29) is 21.6 Å². The molecule has 2 aromatic carbocycles. The number of carbonyl (C=O) groups excluding carboxylic acids is 2. The minimum absolute atomic E-state index is 0.0435. The molecule has 0 heterocycles. The van der Waals surface area contributed by atoms with Crippen LogP contribution in [0.25, 0.3) is 5.83 Å². The highest BCUT2D eigenvalue weighted by atomic mass is 79.9. The number of benzene rings is 2. The number of halogens is 12. The van der Waals surface area contributed by atoms with Crippen LogP contribution in [-0.4, -0.2) is 36.8 Å². The predicted octanol–water partition coefficient (Wildman–Crippen LogP) is 7.57. The first-order valence-corrected chi connectivity index (χ1v) is 11.6. The maximum atomic E-state index is 14.9. The molecule has 39 heavy (non-hydrogen) atoms. The monoisotopic (exact) mass is 656 g/mol. The molecule has 2 amide bonds. The van der Waals surface area contributed by atoms with Crippen molar-refractivity contribution >= 4 is 45.2 Å². The van der Waals surface area contributed by atoms with Crippen LogP contribution in [0.15, 0.2) is 46.9 Å². The van der Waals surface area contributed by atoms with Gasteiger partial charge in [0.05, 0.1) is 16.1 Å². The SMILES string of the molecule is CC(NC(=O)c1ccc(/C(F)=C/C(c2ccc(Br)c(Cl)c2)C(F)(F)F)cc1C(F)(F)F)C(=O)NCC(F)(F)F. The first-order chi connectivity index (χ1) is 17.7. The summed E-state index contributed by atoms with van der Waals surface area (Å²) in [5.74, 6) is -7.21. The lowest BCUT2D eigenvalue weighted by Gasteiger charge is -2.19. The largest absolute Gasteiger partial charge is 0.417 e. The quantitative estimate of drug-likeness (QED) is 0.302. The van der Waals surface area contributed by atoms with Crippen molar-refractivity contribution in [2.45, 2.75) is 37.4 Å². The lowest BCUT2D eigenvalue weighted by Crippen LogP contribution is -2.47. The maximum absolute atomic E-state index is 14.9. The van der Waals surface area contributed by atoms with Gasteiger partial charge in [-0.15, -0.1) is 0 Å². The van der Waals surface area contributed by atoms with Crippen LogP contribution in [0.2, 0.25) is 5.02 Å². The third-order valence-electron chi connectivity index (χ3n) is 5.02. The maximum Gasteiger partial charge on any atom is 0.417 e. The summed E-state index contributed by atoms with van der Waals surface area (Å²) in [5.41, 5.74) is -4.37. The van der Waals surface area contributed by atoms with Gasteiger partial charge in [-0.05, 0) is 58.8 Å². The highest BCUT2D eigenvalue weighted by Gasteiger charge is 2.41. The van der Waals surface area contributed by atoms with Gasteiger partial charge in [-0.2, -0.15) is 39.5 Å². The second-order valence-corrected chi connectivity index (χ2v) is 9.26. The molecule has 0 saturated carbocycles. The standard InChI is InChI=1S/C23H16BrClF10N2O2/c1-10(19(38)36-9-21(27,28)29)37-20(39)13-4-2-12(6-15(13)23(33,34)35)18(26)8-14(22(30,31)32)11-3-5-16(24)17(25)7-11/h2-8,10,14H,9H2,1H3,(H,36,38)(H,37,39)/b18-8-. The lowest BCUT2D eigenvalue weighted by atomic mass is 9.95. The summed E-state index contributed by atoms with van der Waals surface area (Å²) in [6.45, 7) is -0.856. The Morgan fingerprint density at radius 1 is 1.00 bits per heavy atom. The number of amides is 2. The van der Waals surface area contributed by atoms with Crippen molar-refractivity contribution in [3.63, 3.8) is 0 Å². The zero-order chi connectivity index (χ0) is 29.9. The molecule has 0 radical (unpaired) electrons. The molecule has 2 rings (SSSR count). The van der Waals surface area contributed by atoms with E-state index >= 15 is 0 Å². The Hall–Kier alpha value is -2.81. The highest BCUT2D eigenvalue weighted by molar-refractivity contribution is 9.10. The van der Waals surface area contributed by atoms with Gasteiger partial charge in [0.2, 0.25) is 5.91 Å². The fourth-order valence-electron chi connectivity index (χ4n) is 3.13. The summed E-state index contributed by atoms with van der Waals surface area (Å²) < 4.78 is 134. The number of allylic oxidation sites excluding steroid dienone is 1. The van der Waals surface area contributed by atoms with Crippen LogP contribution in [0.1, 0.15) is 39.9 Å². The lowest BCUT2D eigenvalue weighted by molar-refractivity contribution is -0.140. The zero-order valence-electron chi connectivity index (χ0n) is 19.3. The molecule has 2 atom stereocenters. The number of alkyl halides is 9. The molecule has 2 aromatic rings. The number of hydrogen-bond donors (Lipinski definition) is 2. The average molecular weight is 658 g/mol. The van der Waals surface area contributed by atoms with Gasteiger partial charge in [-0.1, -0.05) is 23.7 Å². The van der Waals surface area contributed by atoms with E-state index < -0.39 is 76.9 Å². The van der Waals surface area contributed by atoms with Crippen LogP contribution in [0.3, 0.4) is 0 Å². The summed E-state index contributed by atoms with van der Waals surface area (Å²) in [6.07, 6.45) is -15.1. The van der Waals surface area contributed by atoms with Crippen molar-refractivity contribution in [1.82, 2.24) is 10.6 Å². The molecule has 0 aliphatic rings. The Morgan fingerprint density at radius 2 is 1.62 bits per heavy atom. The third-order valence-corrected chi connectivity index (χ3v) is 6.25. The molecule has 4 nitrogen and oxygen atoms in total. The molecule has 0 bridgehead atoms. The first kappa shape index (κ1) is 32.4. The number of hydrogen-bond acceptors (Lipinski definition) is 2. The Balaban J connectivity index is 2.42. The van der Waals surface area contributed by atoms with E-state index in [0.717, 1.165) is 19.1 Å². The van der Waals surface area contributed by atoms with Crippen LogP contribution in [-0.2, 0) is 11.0 Å². The fraction of sp³-hybridized carbons (Fsp3) is 0.304. The minimum atomic E-state index is -5.31. The molecule has 0 aliphatic carbocycles. The topological polar surface area (TPSA) is 58.2 Å². The van der Waals surface area contributed by atoms with E-state index in [0.29, 0.717) is 12.1 Å². The van der Waals surface area contributed by atoms with Gasteiger partial charge >= 0.3 is 18.5 Å². The van der Waals surface area contributed by atoms with E-state index in [1.54, 1.807) is 5.32 Å². The fourth-order valence-corrected chi connectivity index (χ4v) is 3.57. The summed E-state index contributed by atoms with van der Waals surface area (Å²) in [5, 5.41) is 3.09. The molecule has 0 fully saturated rings. The second-order valence-electron chi connectivity index (χ2n) is 7.99. The Morgan fingerprint density at radius 3 is 2.13 bits per heavy atom. The van der Waals surface area contributed by atoms with Crippen LogP contribution < -0.4 is 10.6 Å². The molecule has 0 spiro atoms. The van der Waals surface area contributed by atoms with Crippen molar-refractivity contribution in [2.24, 2.45) is 0 Å². The van der Waals surface area contributed by atoms with Crippen LogP contribution >= 0.6 is 27.5 Å². The average Bonchev–Trinajstić information content (AvgIpc) is 2.80. The highest BCUT2D eigenvalue weighted by Crippen LogP contribution is 2.41. The van der Waals surface area contributed by atoms with Gasteiger partial charge in [0.1, 0.15) is 24.3 Å². The van der Waals surface area contributed by atoms with Crippen LogP contribution in [0.4, 0.5) is 43.9 Å². The Labute approximate surface area is 227 Å². The molecule has 214 valence electrons. The molecule has 0 aliphatic heterocycles. The summed E-state index contributed by atoms with van der Waals surface area (Å²) >= 11 is 8.80.